The fourth-order valence-corrected chi connectivity index (χ4v) is 2.03. The Morgan fingerprint density at radius 3 is 2.38 bits per heavy atom. The molecular formula is C13H26N2O. The van der Waals surface area contributed by atoms with Gasteiger partial charge in [0.1, 0.15) is 0 Å². The Labute approximate surface area is 99.6 Å². The summed E-state index contributed by atoms with van der Waals surface area (Å²) in [4.78, 5) is 14.3. The molecule has 0 bridgehead atoms. The number of nitrogens with one attached hydrogen (secondary N) is 1. The van der Waals surface area contributed by atoms with Gasteiger partial charge in [0.2, 0.25) is 5.91 Å². The number of amides is 1. The second-order valence-electron chi connectivity index (χ2n) is 5.10. The molecule has 0 radical (unpaired) electrons. The first-order chi connectivity index (χ1) is 7.60. The molecule has 1 amide bonds. The first kappa shape index (κ1) is 13.5. The van der Waals surface area contributed by atoms with E-state index in [-0.39, 0.29) is 5.92 Å². The molecule has 3 nitrogen and oxygen atoms in total. The van der Waals surface area contributed by atoms with Gasteiger partial charge in [-0.05, 0) is 31.8 Å². The lowest BCUT2D eigenvalue weighted by Gasteiger charge is -2.35. The van der Waals surface area contributed by atoms with E-state index in [1.807, 2.05) is 4.90 Å². The summed E-state index contributed by atoms with van der Waals surface area (Å²) in [6.45, 7) is 12.3. The molecule has 16 heavy (non-hydrogen) atoms. The van der Waals surface area contributed by atoms with Crippen LogP contribution in [-0.2, 0) is 4.79 Å². The minimum atomic E-state index is 0.185. The smallest absolute Gasteiger partial charge is 0.225 e. The van der Waals surface area contributed by atoms with Crippen molar-refractivity contribution in [2.24, 2.45) is 17.8 Å². The average molecular weight is 226 g/mol. The van der Waals surface area contributed by atoms with Gasteiger partial charge in [-0.1, -0.05) is 27.2 Å². The summed E-state index contributed by atoms with van der Waals surface area (Å²) in [6.07, 6.45) is 1.14. The second kappa shape index (κ2) is 6.24. The summed E-state index contributed by atoms with van der Waals surface area (Å²) in [6, 6.07) is 0. The predicted octanol–water partition coefficient (Wildman–Crippen LogP) is 1.74. The maximum absolute atomic E-state index is 12.3. The molecule has 1 aliphatic heterocycles. The number of hydrogen-bond acceptors (Lipinski definition) is 2. The molecule has 0 spiro atoms. The molecule has 1 N–H and O–H groups in total. The number of carbonyl (C=O) groups is 1. The van der Waals surface area contributed by atoms with Crippen molar-refractivity contribution in [3.05, 3.63) is 0 Å². The Kier molecular flexibility index (Phi) is 5.26. The molecule has 1 heterocycles. The van der Waals surface area contributed by atoms with Crippen molar-refractivity contribution in [3.63, 3.8) is 0 Å². The van der Waals surface area contributed by atoms with Crippen molar-refractivity contribution in [3.8, 4) is 0 Å². The minimum absolute atomic E-state index is 0.185. The van der Waals surface area contributed by atoms with Crippen LogP contribution in [0.2, 0.25) is 0 Å². The van der Waals surface area contributed by atoms with E-state index in [4.69, 9.17) is 0 Å². The molecule has 3 heteroatoms. The summed E-state index contributed by atoms with van der Waals surface area (Å²) < 4.78 is 0. The second-order valence-corrected chi connectivity index (χ2v) is 5.10. The van der Waals surface area contributed by atoms with Crippen LogP contribution in [0.15, 0.2) is 0 Å². The van der Waals surface area contributed by atoms with Gasteiger partial charge in [0.15, 0.2) is 0 Å². The van der Waals surface area contributed by atoms with Crippen LogP contribution in [-0.4, -0.2) is 37.0 Å². The molecule has 94 valence electrons. The van der Waals surface area contributed by atoms with Gasteiger partial charge in [0.05, 0.1) is 0 Å². The van der Waals surface area contributed by atoms with Crippen LogP contribution in [0.5, 0.6) is 0 Å². The van der Waals surface area contributed by atoms with Crippen molar-refractivity contribution in [2.45, 2.75) is 34.1 Å². The van der Waals surface area contributed by atoms with E-state index in [9.17, 15) is 4.79 Å². The van der Waals surface area contributed by atoms with E-state index >= 15 is 0 Å². The van der Waals surface area contributed by atoms with Gasteiger partial charge in [-0.25, -0.2) is 0 Å². The number of carbonyl (C=O) groups excluding carboxylic acids is 1. The molecule has 1 aliphatic rings. The Morgan fingerprint density at radius 2 is 2.00 bits per heavy atom. The molecule has 1 rings (SSSR count). The Bertz CT molecular complexity index is 226. The number of rotatable bonds is 6. The highest BCUT2D eigenvalue weighted by Crippen LogP contribution is 2.19. The third kappa shape index (κ3) is 3.21. The van der Waals surface area contributed by atoms with Crippen molar-refractivity contribution in [1.82, 2.24) is 10.2 Å². The zero-order chi connectivity index (χ0) is 12.1. The monoisotopic (exact) mass is 226 g/mol. The SMILES string of the molecule is CCC(C)CN(CC)C(=O)C(C)C1CNC1. The summed E-state index contributed by atoms with van der Waals surface area (Å²) >= 11 is 0. The van der Waals surface area contributed by atoms with E-state index in [0.717, 1.165) is 32.6 Å². The maximum atomic E-state index is 12.3. The quantitative estimate of drug-likeness (QED) is 0.748. The van der Waals surface area contributed by atoms with Crippen LogP contribution >= 0.6 is 0 Å². The highest BCUT2D eigenvalue weighted by molar-refractivity contribution is 5.79. The van der Waals surface area contributed by atoms with Crippen LogP contribution < -0.4 is 5.32 Å². The summed E-state index contributed by atoms with van der Waals surface area (Å²) in [7, 11) is 0. The van der Waals surface area contributed by atoms with Crippen LogP contribution in [0.1, 0.15) is 34.1 Å². The van der Waals surface area contributed by atoms with Gasteiger partial charge in [-0.15, -0.1) is 0 Å². The van der Waals surface area contributed by atoms with Crippen LogP contribution in [0.25, 0.3) is 0 Å². The van der Waals surface area contributed by atoms with Gasteiger partial charge in [-0.2, -0.15) is 0 Å². The molecule has 2 unspecified atom stereocenters. The van der Waals surface area contributed by atoms with Gasteiger partial charge in [0.25, 0.3) is 0 Å². The molecule has 0 aromatic rings. The van der Waals surface area contributed by atoms with Gasteiger partial charge in [-0.3, -0.25) is 4.79 Å². The lowest BCUT2D eigenvalue weighted by molar-refractivity contribution is -0.137. The van der Waals surface area contributed by atoms with Gasteiger partial charge >= 0.3 is 0 Å². The third-order valence-corrected chi connectivity index (χ3v) is 3.83. The Balaban J connectivity index is 2.47. The first-order valence-corrected chi connectivity index (χ1v) is 6.59. The molecule has 1 saturated heterocycles. The largest absolute Gasteiger partial charge is 0.342 e. The summed E-state index contributed by atoms with van der Waals surface area (Å²) in [5.41, 5.74) is 0. The zero-order valence-corrected chi connectivity index (χ0v) is 11.1. The summed E-state index contributed by atoms with van der Waals surface area (Å²) in [5.74, 6) is 1.69. The predicted molar refractivity (Wildman–Crippen MR) is 67.2 cm³/mol. The zero-order valence-electron chi connectivity index (χ0n) is 11.1. The molecule has 0 saturated carbocycles. The average Bonchev–Trinajstić information content (AvgIpc) is 2.21. The van der Waals surface area contributed by atoms with E-state index in [1.165, 1.54) is 0 Å². The highest BCUT2D eigenvalue weighted by Gasteiger charge is 2.31. The fourth-order valence-electron chi connectivity index (χ4n) is 2.03. The van der Waals surface area contributed by atoms with Crippen LogP contribution in [0.4, 0.5) is 0 Å². The molecule has 0 aromatic carbocycles. The van der Waals surface area contributed by atoms with E-state index in [1.54, 1.807) is 0 Å². The summed E-state index contributed by atoms with van der Waals surface area (Å²) in [5, 5.41) is 3.24. The van der Waals surface area contributed by atoms with E-state index in [0.29, 0.717) is 17.7 Å². The third-order valence-electron chi connectivity index (χ3n) is 3.83. The fraction of sp³-hybridized carbons (Fsp3) is 0.923. The van der Waals surface area contributed by atoms with Crippen molar-refractivity contribution in [1.29, 1.82) is 0 Å². The molecule has 0 aromatic heterocycles. The minimum Gasteiger partial charge on any atom is -0.342 e. The Morgan fingerprint density at radius 1 is 1.38 bits per heavy atom. The normalized spacial score (nSPS) is 20.0. The molecule has 1 fully saturated rings. The molecule has 2 atom stereocenters. The Hall–Kier alpha value is -0.570. The number of nitrogens with zero attached hydrogens (tertiary/aromatic N) is 1. The van der Waals surface area contributed by atoms with E-state index in [2.05, 4.69) is 33.0 Å². The molecular weight excluding hydrogens is 200 g/mol. The van der Waals surface area contributed by atoms with Gasteiger partial charge in [0, 0.05) is 19.0 Å². The first-order valence-electron chi connectivity index (χ1n) is 6.59. The lowest BCUT2D eigenvalue weighted by Crippen LogP contribution is -2.50. The van der Waals surface area contributed by atoms with Crippen molar-refractivity contribution < 1.29 is 4.79 Å². The van der Waals surface area contributed by atoms with Crippen molar-refractivity contribution in [2.75, 3.05) is 26.2 Å². The topological polar surface area (TPSA) is 32.3 Å². The molecule has 0 aliphatic carbocycles. The van der Waals surface area contributed by atoms with Gasteiger partial charge < -0.3 is 10.2 Å². The lowest BCUT2D eigenvalue weighted by atomic mass is 9.87. The van der Waals surface area contributed by atoms with Crippen LogP contribution in [0, 0.1) is 17.8 Å². The van der Waals surface area contributed by atoms with Crippen LogP contribution in [0.3, 0.4) is 0 Å². The number of hydrogen-bond donors (Lipinski definition) is 1. The van der Waals surface area contributed by atoms with E-state index < -0.39 is 0 Å². The van der Waals surface area contributed by atoms with Crippen molar-refractivity contribution >= 4 is 5.91 Å². The highest BCUT2D eigenvalue weighted by atomic mass is 16.2. The maximum Gasteiger partial charge on any atom is 0.225 e. The standard InChI is InChI=1S/C13H26N2O/c1-5-10(3)9-15(6-2)13(16)11(4)12-7-14-8-12/h10-12,14H,5-9H2,1-4H3.